The molecule has 17 heavy (non-hydrogen) atoms. The fourth-order valence-corrected chi connectivity index (χ4v) is 2.11. The summed E-state index contributed by atoms with van der Waals surface area (Å²) in [6.07, 6.45) is 1.08. The maximum atomic E-state index is 6.06. The van der Waals surface area contributed by atoms with Gasteiger partial charge >= 0.3 is 0 Å². The maximum absolute atomic E-state index is 6.06. The highest BCUT2D eigenvalue weighted by Crippen LogP contribution is 2.13. The summed E-state index contributed by atoms with van der Waals surface area (Å²) in [5, 5.41) is 0. The SMILES string of the molecule is Cc1ccccc1CC(C)N(C)CC(C)(C)N. The Balaban J connectivity index is 2.60. The molecule has 2 heteroatoms. The van der Waals surface area contributed by atoms with Crippen molar-refractivity contribution in [2.24, 2.45) is 5.73 Å². The van der Waals surface area contributed by atoms with Gasteiger partial charge < -0.3 is 10.6 Å². The first-order valence-electron chi connectivity index (χ1n) is 6.33. The van der Waals surface area contributed by atoms with Gasteiger partial charge in [-0.25, -0.2) is 0 Å². The minimum Gasteiger partial charge on any atom is -0.324 e. The molecular formula is C15H26N2. The Kier molecular flexibility index (Phi) is 4.72. The first-order valence-corrected chi connectivity index (χ1v) is 6.33. The second kappa shape index (κ2) is 5.65. The molecule has 1 aromatic rings. The molecule has 1 unspecified atom stereocenters. The lowest BCUT2D eigenvalue weighted by Gasteiger charge is -2.31. The van der Waals surface area contributed by atoms with Crippen molar-refractivity contribution in [2.45, 2.75) is 45.7 Å². The number of hydrogen-bond donors (Lipinski definition) is 1. The number of nitrogens with two attached hydrogens (primary N) is 1. The van der Waals surface area contributed by atoms with Crippen LogP contribution >= 0.6 is 0 Å². The Bertz CT molecular complexity index is 352. The largest absolute Gasteiger partial charge is 0.324 e. The zero-order chi connectivity index (χ0) is 13.1. The summed E-state index contributed by atoms with van der Waals surface area (Å²) in [6, 6.07) is 9.11. The molecular weight excluding hydrogens is 208 g/mol. The van der Waals surface area contributed by atoms with Crippen molar-refractivity contribution in [1.82, 2.24) is 4.90 Å². The van der Waals surface area contributed by atoms with E-state index < -0.39 is 0 Å². The van der Waals surface area contributed by atoms with Crippen LogP contribution in [-0.2, 0) is 6.42 Å². The van der Waals surface area contributed by atoms with Crippen LogP contribution in [0.1, 0.15) is 31.9 Å². The van der Waals surface area contributed by atoms with Crippen molar-refractivity contribution in [3.63, 3.8) is 0 Å². The Morgan fingerprint density at radius 1 is 1.29 bits per heavy atom. The van der Waals surface area contributed by atoms with Gasteiger partial charge in [-0.1, -0.05) is 24.3 Å². The van der Waals surface area contributed by atoms with Gasteiger partial charge in [-0.3, -0.25) is 0 Å². The molecule has 2 N–H and O–H groups in total. The molecule has 0 bridgehead atoms. The molecule has 2 nitrogen and oxygen atoms in total. The third kappa shape index (κ3) is 4.88. The summed E-state index contributed by atoms with van der Waals surface area (Å²) >= 11 is 0. The Morgan fingerprint density at radius 2 is 1.88 bits per heavy atom. The maximum Gasteiger partial charge on any atom is 0.0226 e. The topological polar surface area (TPSA) is 29.3 Å². The summed E-state index contributed by atoms with van der Waals surface area (Å²) in [6.45, 7) is 9.50. The normalized spacial score (nSPS) is 14.1. The highest BCUT2D eigenvalue weighted by molar-refractivity contribution is 5.26. The van der Waals surface area contributed by atoms with E-state index >= 15 is 0 Å². The van der Waals surface area contributed by atoms with Gasteiger partial charge in [0.25, 0.3) is 0 Å². The number of hydrogen-bond acceptors (Lipinski definition) is 2. The predicted molar refractivity (Wildman–Crippen MR) is 75.2 cm³/mol. The first kappa shape index (κ1) is 14.2. The van der Waals surface area contributed by atoms with E-state index in [9.17, 15) is 0 Å². The smallest absolute Gasteiger partial charge is 0.0226 e. The Labute approximate surface area is 106 Å². The van der Waals surface area contributed by atoms with Gasteiger partial charge in [0, 0.05) is 18.1 Å². The molecule has 0 aliphatic rings. The van der Waals surface area contributed by atoms with Gasteiger partial charge in [-0.15, -0.1) is 0 Å². The van der Waals surface area contributed by atoms with Gasteiger partial charge in [0.15, 0.2) is 0 Å². The van der Waals surface area contributed by atoms with E-state index in [1.54, 1.807) is 0 Å². The molecule has 0 heterocycles. The van der Waals surface area contributed by atoms with Crippen LogP contribution in [0.3, 0.4) is 0 Å². The van der Waals surface area contributed by atoms with E-state index in [4.69, 9.17) is 5.73 Å². The van der Waals surface area contributed by atoms with Gasteiger partial charge in [-0.05, 0) is 52.3 Å². The third-order valence-corrected chi connectivity index (χ3v) is 3.19. The molecule has 1 rings (SSSR count). The highest BCUT2D eigenvalue weighted by Gasteiger charge is 2.18. The number of rotatable bonds is 5. The van der Waals surface area contributed by atoms with Crippen molar-refractivity contribution in [3.8, 4) is 0 Å². The zero-order valence-corrected chi connectivity index (χ0v) is 11.8. The second-order valence-corrected chi connectivity index (χ2v) is 5.88. The van der Waals surface area contributed by atoms with Crippen LogP contribution in [0.15, 0.2) is 24.3 Å². The average molecular weight is 234 g/mol. The molecule has 0 fully saturated rings. The van der Waals surface area contributed by atoms with Gasteiger partial charge in [0.05, 0.1) is 0 Å². The minimum absolute atomic E-state index is 0.130. The first-order chi connectivity index (χ1) is 7.79. The van der Waals surface area contributed by atoms with Crippen molar-refractivity contribution >= 4 is 0 Å². The van der Waals surface area contributed by atoms with Crippen molar-refractivity contribution in [3.05, 3.63) is 35.4 Å². The lowest BCUT2D eigenvalue weighted by atomic mass is 10.00. The van der Waals surface area contributed by atoms with Crippen LogP contribution < -0.4 is 5.73 Å². The molecule has 96 valence electrons. The number of nitrogens with zero attached hydrogens (tertiary/aromatic N) is 1. The molecule has 1 aromatic carbocycles. The summed E-state index contributed by atoms with van der Waals surface area (Å²) in [5.41, 5.74) is 8.73. The molecule has 0 radical (unpaired) electrons. The van der Waals surface area contributed by atoms with Gasteiger partial charge in [0.1, 0.15) is 0 Å². The quantitative estimate of drug-likeness (QED) is 0.848. The van der Waals surface area contributed by atoms with Crippen LogP contribution in [0.4, 0.5) is 0 Å². The Morgan fingerprint density at radius 3 is 2.41 bits per heavy atom. The lowest BCUT2D eigenvalue weighted by molar-refractivity contribution is 0.212. The molecule has 0 amide bonds. The summed E-state index contributed by atoms with van der Waals surface area (Å²) in [5.74, 6) is 0. The average Bonchev–Trinajstić information content (AvgIpc) is 2.18. The minimum atomic E-state index is -0.130. The Hall–Kier alpha value is -0.860. The fraction of sp³-hybridized carbons (Fsp3) is 0.600. The third-order valence-electron chi connectivity index (χ3n) is 3.19. The molecule has 0 aliphatic heterocycles. The van der Waals surface area contributed by atoms with Crippen LogP contribution in [0.5, 0.6) is 0 Å². The van der Waals surface area contributed by atoms with E-state index in [1.165, 1.54) is 11.1 Å². The molecule has 0 spiro atoms. The number of aryl methyl sites for hydroxylation is 1. The van der Waals surface area contributed by atoms with Crippen LogP contribution in [0, 0.1) is 6.92 Å². The summed E-state index contributed by atoms with van der Waals surface area (Å²) < 4.78 is 0. The monoisotopic (exact) mass is 234 g/mol. The summed E-state index contributed by atoms with van der Waals surface area (Å²) in [4.78, 5) is 2.34. The van der Waals surface area contributed by atoms with Crippen molar-refractivity contribution in [1.29, 1.82) is 0 Å². The van der Waals surface area contributed by atoms with Crippen molar-refractivity contribution < 1.29 is 0 Å². The zero-order valence-electron chi connectivity index (χ0n) is 11.8. The lowest BCUT2D eigenvalue weighted by Crippen LogP contribution is -2.47. The van der Waals surface area contributed by atoms with Crippen LogP contribution in [-0.4, -0.2) is 30.1 Å². The van der Waals surface area contributed by atoms with E-state index in [0.717, 1.165) is 13.0 Å². The number of benzene rings is 1. The predicted octanol–water partition coefficient (Wildman–Crippen LogP) is 2.60. The standard InChI is InChI=1S/C15H26N2/c1-12-8-6-7-9-14(12)10-13(2)17(5)11-15(3,4)16/h6-9,13H,10-11,16H2,1-5H3. The second-order valence-electron chi connectivity index (χ2n) is 5.88. The molecule has 0 aliphatic carbocycles. The van der Waals surface area contributed by atoms with E-state index in [1.807, 2.05) is 0 Å². The molecule has 0 aromatic heterocycles. The summed E-state index contributed by atoms with van der Waals surface area (Å²) in [7, 11) is 2.15. The molecule has 0 saturated heterocycles. The van der Waals surface area contributed by atoms with Crippen LogP contribution in [0.2, 0.25) is 0 Å². The van der Waals surface area contributed by atoms with Crippen molar-refractivity contribution in [2.75, 3.05) is 13.6 Å². The van der Waals surface area contributed by atoms with E-state index in [0.29, 0.717) is 6.04 Å². The van der Waals surface area contributed by atoms with Gasteiger partial charge in [0.2, 0.25) is 0 Å². The fourth-order valence-electron chi connectivity index (χ4n) is 2.11. The number of likely N-dealkylation sites (N-methyl/N-ethyl adjacent to an activating group) is 1. The molecule has 1 atom stereocenters. The van der Waals surface area contributed by atoms with E-state index in [2.05, 4.69) is 63.9 Å². The van der Waals surface area contributed by atoms with Crippen LogP contribution in [0.25, 0.3) is 0 Å². The highest BCUT2D eigenvalue weighted by atomic mass is 15.1. The van der Waals surface area contributed by atoms with E-state index in [-0.39, 0.29) is 5.54 Å². The van der Waals surface area contributed by atoms with Gasteiger partial charge in [-0.2, -0.15) is 0 Å². The molecule has 0 saturated carbocycles.